The number of hydrogen-bond acceptors (Lipinski definition) is 4. The van der Waals surface area contributed by atoms with E-state index in [0.717, 1.165) is 13.1 Å². The van der Waals surface area contributed by atoms with Crippen molar-refractivity contribution in [1.29, 1.82) is 0 Å². The molecular weight excluding hydrogens is 307 g/mol. The van der Waals surface area contributed by atoms with Crippen molar-refractivity contribution in [2.75, 3.05) is 18.0 Å². The summed E-state index contributed by atoms with van der Waals surface area (Å²) in [5, 5.41) is 3.66. The number of aryl methyl sites for hydroxylation is 1. The number of rotatable bonds is 1. The van der Waals surface area contributed by atoms with Gasteiger partial charge in [-0.15, -0.1) is 5.10 Å². The minimum atomic E-state index is -4.56. The van der Waals surface area contributed by atoms with Gasteiger partial charge >= 0.3 is 6.18 Å². The zero-order chi connectivity index (χ0) is 16.2. The van der Waals surface area contributed by atoms with E-state index in [2.05, 4.69) is 20.0 Å². The summed E-state index contributed by atoms with van der Waals surface area (Å²) in [7, 11) is 0. The fraction of sp³-hybridized carbons (Fsp3) is 0.667. The first-order chi connectivity index (χ1) is 10.9. The van der Waals surface area contributed by atoms with Gasteiger partial charge in [0.05, 0.1) is 0 Å². The third-order valence-electron chi connectivity index (χ3n) is 4.98. The predicted molar refractivity (Wildman–Crippen MR) is 78.2 cm³/mol. The van der Waals surface area contributed by atoms with E-state index in [1.807, 2.05) is 0 Å². The number of anilines is 1. The van der Waals surface area contributed by atoms with Crippen molar-refractivity contribution in [3.05, 3.63) is 17.6 Å². The first kappa shape index (κ1) is 14.7. The van der Waals surface area contributed by atoms with Crippen molar-refractivity contribution < 1.29 is 13.2 Å². The SMILES string of the molecule is Cc1cc(N2CC3CCCCC3C2)n2nc(C(F)(F)F)nc2n1. The molecule has 0 aromatic carbocycles. The van der Waals surface area contributed by atoms with E-state index in [4.69, 9.17) is 0 Å². The van der Waals surface area contributed by atoms with Gasteiger partial charge in [-0.2, -0.15) is 22.7 Å². The molecular formula is C15H18F3N5. The Morgan fingerprint density at radius 1 is 1.09 bits per heavy atom. The van der Waals surface area contributed by atoms with Gasteiger partial charge in [0.2, 0.25) is 0 Å². The number of nitrogens with zero attached hydrogens (tertiary/aromatic N) is 5. The predicted octanol–water partition coefficient (Wildman–Crippen LogP) is 3.08. The van der Waals surface area contributed by atoms with Gasteiger partial charge in [-0.25, -0.2) is 4.98 Å². The average molecular weight is 325 g/mol. The summed E-state index contributed by atoms with van der Waals surface area (Å²) in [5.74, 6) is 0.830. The van der Waals surface area contributed by atoms with Gasteiger partial charge in [0.15, 0.2) is 0 Å². The third kappa shape index (κ3) is 2.53. The second-order valence-corrected chi connectivity index (χ2v) is 6.61. The number of halogens is 3. The van der Waals surface area contributed by atoms with Gasteiger partial charge in [0.25, 0.3) is 11.6 Å². The molecule has 3 heterocycles. The Kier molecular flexibility index (Phi) is 3.24. The normalized spacial score (nSPS) is 25.1. The van der Waals surface area contributed by atoms with Crippen LogP contribution in [0.25, 0.3) is 5.78 Å². The lowest BCUT2D eigenvalue weighted by atomic mass is 9.82. The molecule has 0 bridgehead atoms. The molecule has 1 saturated heterocycles. The minimum Gasteiger partial charge on any atom is -0.356 e. The summed E-state index contributed by atoms with van der Waals surface area (Å²) in [4.78, 5) is 9.80. The van der Waals surface area contributed by atoms with Gasteiger partial charge < -0.3 is 4.90 Å². The summed E-state index contributed by atoms with van der Waals surface area (Å²) in [5.41, 5.74) is 0.656. The number of hydrogen-bond donors (Lipinski definition) is 0. The molecule has 1 saturated carbocycles. The Morgan fingerprint density at radius 2 is 1.74 bits per heavy atom. The second kappa shape index (κ2) is 5.07. The van der Waals surface area contributed by atoms with Crippen LogP contribution in [0.1, 0.15) is 37.2 Å². The Morgan fingerprint density at radius 3 is 2.35 bits per heavy atom. The Bertz CT molecular complexity index is 725. The maximum atomic E-state index is 12.9. The van der Waals surface area contributed by atoms with E-state index in [0.29, 0.717) is 23.3 Å². The fourth-order valence-corrected chi connectivity index (χ4v) is 3.91. The van der Waals surface area contributed by atoms with Crippen molar-refractivity contribution in [3.63, 3.8) is 0 Å². The quantitative estimate of drug-likeness (QED) is 0.808. The topological polar surface area (TPSA) is 46.3 Å². The van der Waals surface area contributed by atoms with Crippen LogP contribution in [0.3, 0.4) is 0 Å². The van der Waals surface area contributed by atoms with Crippen LogP contribution in [0.2, 0.25) is 0 Å². The van der Waals surface area contributed by atoms with Crippen LogP contribution in [0.4, 0.5) is 19.0 Å². The molecule has 0 N–H and O–H groups in total. The van der Waals surface area contributed by atoms with E-state index in [-0.39, 0.29) is 5.78 Å². The highest BCUT2D eigenvalue weighted by Crippen LogP contribution is 2.38. The van der Waals surface area contributed by atoms with Gasteiger partial charge in [-0.1, -0.05) is 12.8 Å². The van der Waals surface area contributed by atoms with E-state index in [1.165, 1.54) is 30.2 Å². The van der Waals surface area contributed by atoms with Crippen molar-refractivity contribution in [2.24, 2.45) is 11.8 Å². The maximum absolute atomic E-state index is 12.9. The molecule has 2 aliphatic rings. The lowest BCUT2D eigenvalue weighted by Gasteiger charge is -2.22. The molecule has 4 rings (SSSR count). The molecule has 8 heteroatoms. The molecule has 0 spiro atoms. The van der Waals surface area contributed by atoms with E-state index < -0.39 is 12.0 Å². The molecule has 2 atom stereocenters. The summed E-state index contributed by atoms with van der Waals surface area (Å²) in [6.07, 6.45) is 0.361. The summed E-state index contributed by atoms with van der Waals surface area (Å²) in [6, 6.07) is 1.80. The molecule has 0 amide bonds. The fourth-order valence-electron chi connectivity index (χ4n) is 3.91. The molecule has 2 aromatic heterocycles. The molecule has 124 valence electrons. The molecule has 2 fully saturated rings. The zero-order valence-corrected chi connectivity index (χ0v) is 12.8. The highest BCUT2D eigenvalue weighted by Gasteiger charge is 2.38. The van der Waals surface area contributed by atoms with Crippen LogP contribution >= 0.6 is 0 Å². The first-order valence-corrected chi connectivity index (χ1v) is 7.98. The highest BCUT2D eigenvalue weighted by molar-refractivity contribution is 5.48. The Labute approximate surface area is 131 Å². The third-order valence-corrected chi connectivity index (χ3v) is 4.98. The molecule has 2 aromatic rings. The largest absolute Gasteiger partial charge is 0.453 e. The monoisotopic (exact) mass is 325 g/mol. The summed E-state index contributed by atoms with van der Waals surface area (Å²) < 4.78 is 39.9. The van der Waals surface area contributed by atoms with Gasteiger partial charge in [0, 0.05) is 24.8 Å². The number of aromatic nitrogens is 4. The molecule has 1 aliphatic carbocycles. The van der Waals surface area contributed by atoms with Crippen molar-refractivity contribution in [2.45, 2.75) is 38.8 Å². The minimum absolute atomic E-state index is 0.0159. The van der Waals surface area contributed by atoms with E-state index >= 15 is 0 Å². The van der Waals surface area contributed by atoms with Crippen LogP contribution in [0.5, 0.6) is 0 Å². The zero-order valence-electron chi connectivity index (χ0n) is 12.8. The molecule has 1 aliphatic heterocycles. The van der Waals surface area contributed by atoms with E-state index in [1.54, 1.807) is 13.0 Å². The van der Waals surface area contributed by atoms with Crippen LogP contribution in [-0.2, 0) is 6.18 Å². The van der Waals surface area contributed by atoms with Gasteiger partial charge in [0.1, 0.15) is 5.82 Å². The Balaban J connectivity index is 1.75. The molecule has 5 nitrogen and oxygen atoms in total. The standard InChI is InChI=1S/C15H18F3N5/c1-9-6-12(22-7-10-4-2-3-5-11(10)8-22)23-14(19-9)20-13(21-23)15(16,17)18/h6,10-11H,2-5,7-8H2,1H3. The van der Waals surface area contributed by atoms with Crippen LogP contribution in [0, 0.1) is 18.8 Å². The average Bonchev–Trinajstić information content (AvgIpc) is 3.09. The van der Waals surface area contributed by atoms with Gasteiger partial charge in [-0.3, -0.25) is 0 Å². The summed E-state index contributed by atoms with van der Waals surface area (Å²) >= 11 is 0. The number of alkyl halides is 3. The lowest BCUT2D eigenvalue weighted by molar-refractivity contribution is -0.144. The molecule has 2 unspecified atom stereocenters. The van der Waals surface area contributed by atoms with Crippen LogP contribution in [-0.4, -0.2) is 32.7 Å². The molecule has 23 heavy (non-hydrogen) atoms. The van der Waals surface area contributed by atoms with Crippen molar-refractivity contribution in [1.82, 2.24) is 19.6 Å². The second-order valence-electron chi connectivity index (χ2n) is 6.61. The lowest BCUT2D eigenvalue weighted by Crippen LogP contribution is -2.23. The first-order valence-electron chi connectivity index (χ1n) is 7.98. The Hall–Kier alpha value is -1.86. The van der Waals surface area contributed by atoms with Crippen molar-refractivity contribution in [3.8, 4) is 0 Å². The maximum Gasteiger partial charge on any atom is 0.453 e. The smallest absolute Gasteiger partial charge is 0.356 e. The van der Waals surface area contributed by atoms with E-state index in [9.17, 15) is 13.2 Å². The highest BCUT2D eigenvalue weighted by atomic mass is 19.4. The number of fused-ring (bicyclic) bond motifs is 2. The summed E-state index contributed by atoms with van der Waals surface area (Å²) in [6.45, 7) is 3.53. The van der Waals surface area contributed by atoms with Crippen LogP contribution < -0.4 is 4.90 Å². The molecule has 0 radical (unpaired) electrons. The van der Waals surface area contributed by atoms with Gasteiger partial charge in [-0.05, 0) is 31.6 Å². The van der Waals surface area contributed by atoms with Crippen LogP contribution in [0.15, 0.2) is 6.07 Å². The van der Waals surface area contributed by atoms with Crippen molar-refractivity contribution >= 4 is 11.6 Å².